The van der Waals surface area contributed by atoms with Gasteiger partial charge in [0.25, 0.3) is 5.92 Å². The van der Waals surface area contributed by atoms with Gasteiger partial charge in [-0.15, -0.1) is 0 Å². The van der Waals surface area contributed by atoms with Crippen LogP contribution in [-0.2, 0) is 10.8 Å². The number of piperazine rings is 1. The van der Waals surface area contributed by atoms with E-state index in [0.717, 1.165) is 5.56 Å². The zero-order chi connectivity index (χ0) is 20.6. The van der Waals surface area contributed by atoms with Gasteiger partial charge >= 0.3 is 0 Å². The Morgan fingerprint density at radius 1 is 1.04 bits per heavy atom. The van der Waals surface area contributed by atoms with Crippen LogP contribution in [0.25, 0.3) is 0 Å². The Morgan fingerprint density at radius 3 is 2.04 bits per heavy atom. The van der Waals surface area contributed by atoms with Crippen LogP contribution in [0.3, 0.4) is 0 Å². The number of phenols is 1. The highest BCUT2D eigenvalue weighted by molar-refractivity contribution is 5.50. The smallest absolute Gasteiger partial charge is 0.290 e. The van der Waals surface area contributed by atoms with Crippen LogP contribution in [0, 0.1) is 0 Å². The van der Waals surface area contributed by atoms with Crippen LogP contribution in [0.2, 0.25) is 0 Å². The van der Waals surface area contributed by atoms with Gasteiger partial charge in [0.1, 0.15) is 18.4 Å². The molecule has 0 bridgehead atoms. The quantitative estimate of drug-likeness (QED) is 0.743. The van der Waals surface area contributed by atoms with Crippen molar-refractivity contribution in [3.63, 3.8) is 0 Å². The molecule has 6 heteroatoms. The molecule has 0 radical (unpaired) electrons. The summed E-state index contributed by atoms with van der Waals surface area (Å²) in [7, 11) is 0. The highest BCUT2D eigenvalue weighted by atomic mass is 19.3. The van der Waals surface area contributed by atoms with Gasteiger partial charge in [-0.25, -0.2) is 8.78 Å². The van der Waals surface area contributed by atoms with Crippen molar-refractivity contribution in [2.45, 2.75) is 64.3 Å². The Labute approximate surface area is 161 Å². The minimum absolute atomic E-state index is 0.0906. The minimum atomic E-state index is -3.36. The summed E-state index contributed by atoms with van der Waals surface area (Å²) in [5.74, 6) is -3.45. The molecular weight excluding hydrogens is 350 g/mol. The molecule has 1 saturated heterocycles. The van der Waals surface area contributed by atoms with Crippen LogP contribution < -0.4 is 5.32 Å². The number of aromatic hydroxyl groups is 1. The monoisotopic (exact) mass is 384 g/mol. The Bertz CT molecular complexity index is 657. The third-order valence-corrected chi connectivity index (χ3v) is 5.24. The Balaban J connectivity index is 2.73. The van der Waals surface area contributed by atoms with E-state index in [-0.39, 0.29) is 16.7 Å². The molecule has 1 aromatic rings. The Kier molecular flexibility index (Phi) is 6.24. The molecule has 1 aliphatic rings. The van der Waals surface area contributed by atoms with Crippen LogP contribution >= 0.6 is 0 Å². The molecular formula is C21H34F2N2O2. The van der Waals surface area contributed by atoms with Gasteiger partial charge in [-0.2, -0.15) is 0 Å². The maximum atomic E-state index is 14.9. The lowest BCUT2D eigenvalue weighted by Gasteiger charge is -2.40. The van der Waals surface area contributed by atoms with Crippen molar-refractivity contribution in [1.29, 1.82) is 0 Å². The molecule has 2 rings (SSSR count). The predicted octanol–water partition coefficient (Wildman–Crippen LogP) is 3.56. The van der Waals surface area contributed by atoms with Crippen LogP contribution in [-0.4, -0.2) is 53.8 Å². The van der Waals surface area contributed by atoms with Gasteiger partial charge in [-0.05, 0) is 28.0 Å². The standard InChI is InChI=1S/C21H34F2N2O2/c1-19(2,3)14-11-15(17(27)16(12-14)20(4,5)6)18(21(22,23)13-26)25-9-7-24-8-10-25/h11-12,18,24,26-27H,7-10,13H2,1-6H3/t18-/m1/s1. The zero-order valence-electron chi connectivity index (χ0n) is 17.4. The molecule has 1 aliphatic heterocycles. The number of alkyl halides is 2. The number of aliphatic hydroxyl groups is 1. The van der Waals surface area contributed by atoms with Gasteiger partial charge in [0.05, 0.1) is 0 Å². The summed E-state index contributed by atoms with van der Waals surface area (Å²) in [6.07, 6.45) is 0. The van der Waals surface area contributed by atoms with Crippen LogP contribution in [0.4, 0.5) is 8.78 Å². The van der Waals surface area contributed by atoms with Crippen molar-refractivity contribution >= 4 is 0 Å². The maximum Gasteiger partial charge on any atom is 0.290 e. The van der Waals surface area contributed by atoms with E-state index in [9.17, 15) is 19.0 Å². The largest absolute Gasteiger partial charge is 0.507 e. The summed E-state index contributed by atoms with van der Waals surface area (Å²) in [6.45, 7) is 12.8. The molecule has 0 saturated carbocycles. The average molecular weight is 385 g/mol. The first kappa shape index (κ1) is 22.1. The number of phenolic OH excluding ortho intramolecular Hbond substituents is 1. The number of aliphatic hydroxyl groups excluding tert-OH is 1. The van der Waals surface area contributed by atoms with Crippen LogP contribution in [0.1, 0.15) is 64.3 Å². The van der Waals surface area contributed by atoms with Crippen molar-refractivity contribution in [3.8, 4) is 5.75 Å². The molecule has 0 unspecified atom stereocenters. The fourth-order valence-corrected chi connectivity index (χ4v) is 3.59. The molecule has 1 atom stereocenters. The summed E-state index contributed by atoms with van der Waals surface area (Å²) in [5.41, 5.74) is 1.09. The number of halogens is 2. The molecule has 27 heavy (non-hydrogen) atoms. The summed E-state index contributed by atoms with van der Waals surface area (Å²) in [5, 5.41) is 23.6. The summed E-state index contributed by atoms with van der Waals surface area (Å²) >= 11 is 0. The molecule has 154 valence electrons. The fourth-order valence-electron chi connectivity index (χ4n) is 3.59. The number of rotatable bonds is 4. The molecule has 0 aliphatic carbocycles. The first-order chi connectivity index (χ1) is 12.3. The van der Waals surface area contributed by atoms with Gasteiger partial charge in [-0.1, -0.05) is 47.6 Å². The molecule has 0 amide bonds. The molecule has 1 aromatic carbocycles. The molecule has 4 nitrogen and oxygen atoms in total. The summed E-state index contributed by atoms with van der Waals surface area (Å²) in [6, 6.07) is 2.25. The second-order valence-electron chi connectivity index (χ2n) is 9.57. The molecule has 3 N–H and O–H groups in total. The van der Waals surface area contributed by atoms with Crippen molar-refractivity contribution in [2.75, 3.05) is 32.8 Å². The molecule has 1 heterocycles. The molecule has 1 fully saturated rings. The lowest BCUT2D eigenvalue weighted by Crippen LogP contribution is -2.51. The van der Waals surface area contributed by atoms with Crippen molar-refractivity contribution in [3.05, 3.63) is 28.8 Å². The average Bonchev–Trinajstić information content (AvgIpc) is 2.55. The third-order valence-electron chi connectivity index (χ3n) is 5.24. The molecule has 0 aromatic heterocycles. The number of nitrogens with zero attached hydrogens (tertiary/aromatic N) is 1. The van der Waals surface area contributed by atoms with Crippen molar-refractivity contribution in [2.24, 2.45) is 0 Å². The number of hydrogen-bond acceptors (Lipinski definition) is 4. The zero-order valence-corrected chi connectivity index (χ0v) is 17.4. The molecule has 0 spiro atoms. The van der Waals surface area contributed by atoms with E-state index in [4.69, 9.17) is 0 Å². The SMILES string of the molecule is CC(C)(C)c1cc([C@@H](N2CCNCC2)C(F)(F)CO)c(O)c(C(C)(C)C)c1. The van der Waals surface area contributed by atoms with E-state index in [1.54, 1.807) is 11.0 Å². The second-order valence-corrected chi connectivity index (χ2v) is 9.57. The highest BCUT2D eigenvalue weighted by Crippen LogP contribution is 2.45. The van der Waals surface area contributed by atoms with Gasteiger partial charge in [0.15, 0.2) is 0 Å². The van der Waals surface area contributed by atoms with E-state index in [0.29, 0.717) is 31.7 Å². The van der Waals surface area contributed by atoms with E-state index in [1.807, 2.05) is 47.6 Å². The summed E-state index contributed by atoms with van der Waals surface area (Å²) in [4.78, 5) is 1.67. The van der Waals surface area contributed by atoms with E-state index < -0.39 is 24.0 Å². The van der Waals surface area contributed by atoms with Crippen molar-refractivity contribution in [1.82, 2.24) is 10.2 Å². The van der Waals surface area contributed by atoms with E-state index in [2.05, 4.69) is 5.32 Å². The van der Waals surface area contributed by atoms with Crippen LogP contribution in [0.5, 0.6) is 5.75 Å². The van der Waals surface area contributed by atoms with Gasteiger partial charge < -0.3 is 15.5 Å². The first-order valence-electron chi connectivity index (χ1n) is 9.60. The van der Waals surface area contributed by atoms with Crippen LogP contribution in [0.15, 0.2) is 12.1 Å². The van der Waals surface area contributed by atoms with E-state index in [1.165, 1.54) is 0 Å². The van der Waals surface area contributed by atoms with Crippen molar-refractivity contribution < 1.29 is 19.0 Å². The lowest BCUT2D eigenvalue weighted by atomic mass is 9.77. The normalized spacial score (nSPS) is 18.6. The second kappa shape index (κ2) is 7.64. The number of hydrogen-bond donors (Lipinski definition) is 3. The number of nitrogens with one attached hydrogen (secondary N) is 1. The van der Waals surface area contributed by atoms with Gasteiger partial charge in [-0.3, -0.25) is 4.90 Å². The van der Waals surface area contributed by atoms with Gasteiger partial charge in [0, 0.05) is 31.7 Å². The predicted molar refractivity (Wildman–Crippen MR) is 105 cm³/mol. The topological polar surface area (TPSA) is 55.7 Å². The highest BCUT2D eigenvalue weighted by Gasteiger charge is 2.46. The Hall–Kier alpha value is -1.24. The Morgan fingerprint density at radius 2 is 1.59 bits per heavy atom. The van der Waals surface area contributed by atoms with Gasteiger partial charge in [0.2, 0.25) is 0 Å². The maximum absolute atomic E-state index is 14.9. The fraction of sp³-hybridized carbons (Fsp3) is 0.714. The third kappa shape index (κ3) is 4.79. The minimum Gasteiger partial charge on any atom is -0.507 e. The summed E-state index contributed by atoms with van der Waals surface area (Å²) < 4.78 is 29.8. The first-order valence-corrected chi connectivity index (χ1v) is 9.60. The van der Waals surface area contributed by atoms with E-state index >= 15 is 0 Å². The lowest BCUT2D eigenvalue weighted by molar-refractivity contribution is -0.119. The number of benzene rings is 1.